The van der Waals surface area contributed by atoms with Crippen LogP contribution in [-0.4, -0.2) is 35.0 Å². The third-order valence-electron chi connectivity index (χ3n) is 2.92. The van der Waals surface area contributed by atoms with Crippen LogP contribution in [0.25, 0.3) is 0 Å². The van der Waals surface area contributed by atoms with Crippen LogP contribution in [0.4, 0.5) is 0 Å². The molecule has 1 rings (SSSR count). The molecule has 1 aliphatic carbocycles. The van der Waals surface area contributed by atoms with Gasteiger partial charge in [0.2, 0.25) is 11.8 Å². The molecule has 1 aliphatic rings. The van der Waals surface area contributed by atoms with E-state index in [0.29, 0.717) is 12.8 Å². The Morgan fingerprint density at radius 3 is 2.53 bits per heavy atom. The monoisotopic (exact) mass is 243 g/mol. The zero-order chi connectivity index (χ0) is 13.0. The summed E-state index contributed by atoms with van der Waals surface area (Å²) in [6.07, 6.45) is 1.68. The summed E-state index contributed by atoms with van der Waals surface area (Å²) in [5.41, 5.74) is 10.4. The first-order valence-electron chi connectivity index (χ1n) is 5.49. The van der Waals surface area contributed by atoms with E-state index in [1.165, 1.54) is 0 Å². The molecule has 1 fully saturated rings. The van der Waals surface area contributed by atoms with E-state index in [-0.39, 0.29) is 6.42 Å². The van der Waals surface area contributed by atoms with Crippen molar-refractivity contribution in [2.75, 3.05) is 0 Å². The highest BCUT2D eigenvalue weighted by molar-refractivity contribution is 5.88. The lowest BCUT2D eigenvalue weighted by Gasteiger charge is -2.19. The second-order valence-corrected chi connectivity index (χ2v) is 4.27. The van der Waals surface area contributed by atoms with E-state index >= 15 is 0 Å². The fraction of sp³-hybridized carbons (Fsp3) is 0.700. The van der Waals surface area contributed by atoms with Gasteiger partial charge in [0, 0.05) is 6.04 Å². The van der Waals surface area contributed by atoms with Crippen LogP contribution in [0.3, 0.4) is 0 Å². The fourth-order valence-corrected chi connectivity index (χ4v) is 2.03. The Balaban J connectivity index is 2.50. The summed E-state index contributed by atoms with van der Waals surface area (Å²) in [4.78, 5) is 33.0. The highest BCUT2D eigenvalue weighted by Gasteiger charge is 2.34. The summed E-state index contributed by atoms with van der Waals surface area (Å²) in [7, 11) is 0. The maximum Gasteiger partial charge on any atom is 0.308 e. The van der Waals surface area contributed by atoms with Crippen LogP contribution in [0.1, 0.15) is 25.7 Å². The standard InChI is InChI=1S/C10H17N3O4/c11-6(4-8(12)14)9(15)13-7-3-1-2-5(7)10(16)17/h5-7H,1-4,11H2,(H2,12,14)(H,13,15)(H,16,17). The lowest BCUT2D eigenvalue weighted by Crippen LogP contribution is -2.49. The smallest absolute Gasteiger partial charge is 0.308 e. The Kier molecular flexibility index (Phi) is 4.45. The molecule has 0 spiro atoms. The molecule has 1 saturated carbocycles. The highest BCUT2D eigenvalue weighted by atomic mass is 16.4. The van der Waals surface area contributed by atoms with Crippen LogP contribution in [0, 0.1) is 5.92 Å². The van der Waals surface area contributed by atoms with Crippen molar-refractivity contribution in [3.63, 3.8) is 0 Å². The minimum absolute atomic E-state index is 0.240. The number of carboxylic acids is 1. The van der Waals surface area contributed by atoms with Gasteiger partial charge in [-0.15, -0.1) is 0 Å². The predicted molar refractivity (Wildman–Crippen MR) is 58.7 cm³/mol. The topological polar surface area (TPSA) is 136 Å². The van der Waals surface area contributed by atoms with Crippen LogP contribution < -0.4 is 16.8 Å². The normalized spacial score (nSPS) is 25.2. The largest absolute Gasteiger partial charge is 0.481 e. The van der Waals surface area contributed by atoms with Crippen LogP contribution >= 0.6 is 0 Å². The molecule has 0 aromatic heterocycles. The number of amides is 2. The molecule has 17 heavy (non-hydrogen) atoms. The van der Waals surface area contributed by atoms with E-state index in [4.69, 9.17) is 16.6 Å². The van der Waals surface area contributed by atoms with Crippen LogP contribution in [0.5, 0.6) is 0 Å². The highest BCUT2D eigenvalue weighted by Crippen LogP contribution is 2.25. The molecule has 0 radical (unpaired) electrons. The number of carboxylic acid groups (broad SMARTS) is 1. The summed E-state index contributed by atoms with van der Waals surface area (Å²) >= 11 is 0. The maximum atomic E-state index is 11.6. The van der Waals surface area contributed by atoms with Crippen LogP contribution in [0.15, 0.2) is 0 Å². The summed E-state index contributed by atoms with van der Waals surface area (Å²) in [5, 5.41) is 11.5. The summed E-state index contributed by atoms with van der Waals surface area (Å²) in [5.74, 6) is -2.67. The van der Waals surface area contributed by atoms with Gasteiger partial charge in [-0.3, -0.25) is 14.4 Å². The molecule has 3 atom stereocenters. The van der Waals surface area contributed by atoms with Gasteiger partial charge in [0.25, 0.3) is 0 Å². The average Bonchev–Trinajstić information content (AvgIpc) is 2.64. The lowest BCUT2D eigenvalue weighted by atomic mass is 10.0. The van der Waals surface area contributed by atoms with Crippen molar-refractivity contribution in [2.24, 2.45) is 17.4 Å². The van der Waals surface area contributed by atoms with Gasteiger partial charge in [0.15, 0.2) is 0 Å². The maximum absolute atomic E-state index is 11.6. The van der Waals surface area contributed by atoms with Crippen LogP contribution in [0.2, 0.25) is 0 Å². The van der Waals surface area contributed by atoms with E-state index in [1.54, 1.807) is 0 Å². The minimum atomic E-state index is -1.01. The molecule has 0 heterocycles. The number of primary amides is 1. The second kappa shape index (κ2) is 5.62. The van der Waals surface area contributed by atoms with Gasteiger partial charge in [-0.2, -0.15) is 0 Å². The molecule has 7 heteroatoms. The van der Waals surface area contributed by atoms with Gasteiger partial charge in [0.1, 0.15) is 0 Å². The van der Waals surface area contributed by atoms with E-state index in [2.05, 4.69) is 5.32 Å². The van der Waals surface area contributed by atoms with E-state index in [0.717, 1.165) is 6.42 Å². The van der Waals surface area contributed by atoms with Gasteiger partial charge < -0.3 is 21.9 Å². The average molecular weight is 243 g/mol. The van der Waals surface area contributed by atoms with E-state index < -0.39 is 35.8 Å². The molecular formula is C10H17N3O4. The molecule has 0 aromatic carbocycles. The van der Waals surface area contributed by atoms with Crippen molar-refractivity contribution in [3.8, 4) is 0 Å². The Morgan fingerprint density at radius 1 is 1.35 bits per heavy atom. The summed E-state index contributed by atoms with van der Waals surface area (Å²) < 4.78 is 0. The van der Waals surface area contributed by atoms with Crippen molar-refractivity contribution in [1.29, 1.82) is 0 Å². The molecule has 0 aromatic rings. The Bertz CT molecular complexity index is 332. The number of carbonyl (C=O) groups is 3. The molecule has 2 amide bonds. The Labute approximate surface area is 98.5 Å². The molecule has 7 nitrogen and oxygen atoms in total. The Morgan fingerprint density at radius 2 is 2.00 bits per heavy atom. The lowest BCUT2D eigenvalue weighted by molar-refractivity contribution is -0.142. The van der Waals surface area contributed by atoms with Crippen molar-refractivity contribution >= 4 is 17.8 Å². The molecule has 3 unspecified atom stereocenters. The molecule has 96 valence electrons. The molecule has 6 N–H and O–H groups in total. The quantitative estimate of drug-likeness (QED) is 0.469. The van der Waals surface area contributed by atoms with Gasteiger partial charge >= 0.3 is 5.97 Å². The summed E-state index contributed by atoms with van der Waals surface area (Å²) in [6, 6.07) is -1.42. The number of nitrogens with one attached hydrogen (secondary N) is 1. The summed E-state index contributed by atoms with van der Waals surface area (Å²) in [6.45, 7) is 0. The van der Waals surface area contributed by atoms with Crippen molar-refractivity contribution < 1.29 is 19.5 Å². The fourth-order valence-electron chi connectivity index (χ4n) is 2.03. The zero-order valence-electron chi connectivity index (χ0n) is 9.39. The van der Waals surface area contributed by atoms with Crippen molar-refractivity contribution in [1.82, 2.24) is 5.32 Å². The number of hydrogen-bond acceptors (Lipinski definition) is 4. The molecule has 0 saturated heterocycles. The second-order valence-electron chi connectivity index (χ2n) is 4.27. The van der Waals surface area contributed by atoms with Gasteiger partial charge in [0.05, 0.1) is 18.4 Å². The van der Waals surface area contributed by atoms with Gasteiger partial charge in [-0.25, -0.2) is 0 Å². The first-order chi connectivity index (χ1) is 7.91. The number of nitrogens with two attached hydrogens (primary N) is 2. The zero-order valence-corrected chi connectivity index (χ0v) is 9.39. The Hall–Kier alpha value is -1.63. The van der Waals surface area contributed by atoms with Crippen LogP contribution in [-0.2, 0) is 14.4 Å². The van der Waals surface area contributed by atoms with E-state index in [1.807, 2.05) is 0 Å². The van der Waals surface area contributed by atoms with E-state index in [9.17, 15) is 14.4 Å². The molecular weight excluding hydrogens is 226 g/mol. The number of aliphatic carboxylic acids is 1. The SMILES string of the molecule is NC(=O)CC(N)C(=O)NC1CCCC1C(=O)O. The van der Waals surface area contributed by atoms with Gasteiger partial charge in [-0.05, 0) is 12.8 Å². The minimum Gasteiger partial charge on any atom is -0.481 e. The van der Waals surface area contributed by atoms with Gasteiger partial charge in [-0.1, -0.05) is 6.42 Å². The molecule has 0 aliphatic heterocycles. The molecule has 0 bridgehead atoms. The predicted octanol–water partition coefficient (Wildman–Crippen LogP) is -1.44. The third kappa shape index (κ3) is 3.70. The van der Waals surface area contributed by atoms with Crippen molar-refractivity contribution in [2.45, 2.75) is 37.8 Å². The number of hydrogen-bond donors (Lipinski definition) is 4. The number of rotatable bonds is 5. The first kappa shape index (κ1) is 13.4. The number of carbonyl (C=O) groups excluding carboxylic acids is 2. The third-order valence-corrected chi connectivity index (χ3v) is 2.92. The van der Waals surface area contributed by atoms with Crippen molar-refractivity contribution in [3.05, 3.63) is 0 Å². The first-order valence-corrected chi connectivity index (χ1v) is 5.49.